The summed E-state index contributed by atoms with van der Waals surface area (Å²) in [7, 11) is 0. The topological polar surface area (TPSA) is 81.5 Å². The van der Waals surface area contributed by atoms with Crippen LogP contribution in [-0.2, 0) is 4.74 Å². The highest BCUT2D eigenvalue weighted by molar-refractivity contribution is 5.94. The van der Waals surface area contributed by atoms with Crippen LogP contribution in [0.5, 0.6) is 0 Å². The molecule has 7 heteroatoms. The Labute approximate surface area is 118 Å². The molecular weight excluding hydrogens is 279 g/mol. The molecule has 1 N–H and O–H groups in total. The zero-order valence-electron chi connectivity index (χ0n) is 10.6. The van der Waals surface area contributed by atoms with Crippen LogP contribution in [0.1, 0.15) is 22.1 Å². The minimum absolute atomic E-state index is 0.0984. The highest BCUT2D eigenvalue weighted by Crippen LogP contribution is 2.33. The van der Waals surface area contributed by atoms with Gasteiger partial charge in [0.1, 0.15) is 5.82 Å². The maximum atomic E-state index is 13.7. The van der Waals surface area contributed by atoms with Gasteiger partial charge in [-0.1, -0.05) is 18.2 Å². The fraction of sp³-hybridized carbons (Fsp3) is 0.0714. The number of halogens is 1. The van der Waals surface area contributed by atoms with Crippen LogP contribution < -0.4 is 5.32 Å². The summed E-state index contributed by atoms with van der Waals surface area (Å²) in [6.07, 6.45) is -0.870. The molecule has 106 valence electrons. The van der Waals surface area contributed by atoms with Crippen molar-refractivity contribution in [2.45, 2.75) is 6.23 Å². The monoisotopic (exact) mass is 288 g/mol. The van der Waals surface area contributed by atoms with Crippen LogP contribution in [-0.4, -0.2) is 10.9 Å². The number of rotatable bonds is 3. The van der Waals surface area contributed by atoms with Gasteiger partial charge in [0.2, 0.25) is 6.23 Å². The molecule has 3 rings (SSSR count). The van der Waals surface area contributed by atoms with Crippen molar-refractivity contribution in [1.29, 1.82) is 0 Å². The Morgan fingerprint density at radius 1 is 1.24 bits per heavy atom. The molecule has 0 amide bonds. The molecule has 1 atom stereocenters. The van der Waals surface area contributed by atoms with Crippen LogP contribution in [0.4, 0.5) is 15.8 Å². The number of fused-ring (bicyclic) bond motifs is 1. The summed E-state index contributed by atoms with van der Waals surface area (Å²) < 4.78 is 18.8. The third-order valence-electron chi connectivity index (χ3n) is 3.14. The van der Waals surface area contributed by atoms with Crippen molar-refractivity contribution in [3.8, 4) is 0 Å². The zero-order valence-corrected chi connectivity index (χ0v) is 10.6. The van der Waals surface area contributed by atoms with E-state index in [0.717, 1.165) is 18.2 Å². The number of esters is 1. The Morgan fingerprint density at radius 3 is 2.76 bits per heavy atom. The first-order valence-corrected chi connectivity index (χ1v) is 6.06. The van der Waals surface area contributed by atoms with E-state index in [4.69, 9.17) is 4.74 Å². The smallest absolute Gasteiger partial charge is 0.340 e. The number of ether oxygens (including phenoxy) is 1. The molecule has 0 saturated heterocycles. The van der Waals surface area contributed by atoms with Crippen molar-refractivity contribution in [1.82, 2.24) is 0 Å². The lowest BCUT2D eigenvalue weighted by atomic mass is 10.1. The minimum atomic E-state index is -0.870. The maximum absolute atomic E-state index is 13.7. The number of nitrogens with zero attached hydrogens (tertiary/aromatic N) is 1. The second-order valence-electron chi connectivity index (χ2n) is 4.44. The van der Waals surface area contributed by atoms with Gasteiger partial charge < -0.3 is 10.1 Å². The van der Waals surface area contributed by atoms with Crippen LogP contribution in [0.25, 0.3) is 0 Å². The van der Waals surface area contributed by atoms with Crippen molar-refractivity contribution >= 4 is 17.3 Å². The number of cyclic esters (lactones) is 1. The lowest BCUT2D eigenvalue weighted by Crippen LogP contribution is -2.11. The number of carbonyl (C=O) groups excluding carboxylic acids is 1. The van der Waals surface area contributed by atoms with Gasteiger partial charge in [0.25, 0.3) is 5.69 Å². The lowest BCUT2D eigenvalue weighted by Gasteiger charge is -2.14. The average Bonchev–Trinajstić information content (AvgIpc) is 2.78. The first-order chi connectivity index (χ1) is 10.1. The molecule has 0 aliphatic carbocycles. The highest BCUT2D eigenvalue weighted by atomic mass is 19.1. The van der Waals surface area contributed by atoms with Gasteiger partial charge in [-0.3, -0.25) is 10.1 Å². The molecule has 0 aromatic heterocycles. The number of nitro groups is 1. The minimum Gasteiger partial charge on any atom is -0.434 e. The molecule has 0 unspecified atom stereocenters. The van der Waals surface area contributed by atoms with Gasteiger partial charge in [0, 0.05) is 17.7 Å². The largest absolute Gasteiger partial charge is 0.434 e. The van der Waals surface area contributed by atoms with Gasteiger partial charge in [0.05, 0.1) is 16.2 Å². The number of hydrogen-bond donors (Lipinski definition) is 1. The Bertz CT molecular complexity index is 748. The molecule has 1 aliphatic rings. The first-order valence-electron chi connectivity index (χ1n) is 6.06. The average molecular weight is 288 g/mol. The Balaban J connectivity index is 1.93. The molecular formula is C14H9FN2O4. The Hall–Kier alpha value is -2.96. The molecule has 0 saturated carbocycles. The van der Waals surface area contributed by atoms with Gasteiger partial charge >= 0.3 is 5.97 Å². The molecule has 1 heterocycles. The molecule has 0 spiro atoms. The van der Waals surface area contributed by atoms with Crippen molar-refractivity contribution in [3.05, 3.63) is 69.5 Å². The molecule has 0 fully saturated rings. The highest BCUT2D eigenvalue weighted by Gasteiger charge is 2.31. The summed E-state index contributed by atoms with van der Waals surface area (Å²) in [6, 6.07) is 9.80. The molecule has 6 nitrogen and oxygen atoms in total. The van der Waals surface area contributed by atoms with Crippen LogP contribution in [0.3, 0.4) is 0 Å². The number of nitrogens with one attached hydrogen (secondary N) is 1. The summed E-state index contributed by atoms with van der Waals surface area (Å²) in [4.78, 5) is 21.8. The summed E-state index contributed by atoms with van der Waals surface area (Å²) >= 11 is 0. The van der Waals surface area contributed by atoms with Crippen molar-refractivity contribution in [2.24, 2.45) is 0 Å². The van der Waals surface area contributed by atoms with Crippen LogP contribution >= 0.6 is 0 Å². The van der Waals surface area contributed by atoms with E-state index in [1.165, 1.54) is 0 Å². The van der Waals surface area contributed by atoms with Gasteiger partial charge in [-0.2, -0.15) is 0 Å². The van der Waals surface area contributed by atoms with E-state index in [-0.39, 0.29) is 11.4 Å². The second kappa shape index (κ2) is 4.86. The van der Waals surface area contributed by atoms with Crippen molar-refractivity contribution < 1.29 is 18.8 Å². The second-order valence-corrected chi connectivity index (χ2v) is 4.44. The van der Waals surface area contributed by atoms with E-state index in [1.54, 1.807) is 24.3 Å². The van der Waals surface area contributed by atoms with Crippen LogP contribution in [0, 0.1) is 15.9 Å². The van der Waals surface area contributed by atoms with Gasteiger partial charge in [-0.15, -0.1) is 0 Å². The predicted octanol–water partition coefficient (Wildman–Crippen LogP) is 3.02. The summed E-state index contributed by atoms with van der Waals surface area (Å²) in [6.45, 7) is 0. The predicted molar refractivity (Wildman–Crippen MR) is 71.3 cm³/mol. The van der Waals surface area contributed by atoms with E-state index in [9.17, 15) is 19.3 Å². The van der Waals surface area contributed by atoms with E-state index < -0.39 is 22.9 Å². The molecule has 0 radical (unpaired) electrons. The van der Waals surface area contributed by atoms with Crippen molar-refractivity contribution in [3.63, 3.8) is 0 Å². The van der Waals surface area contributed by atoms with Gasteiger partial charge in [-0.05, 0) is 12.1 Å². The SMILES string of the molecule is O=C1O[C@H](Nc2cc([N+](=O)[O-])ccc2F)c2ccccc21. The fourth-order valence-electron chi connectivity index (χ4n) is 2.13. The molecule has 0 bridgehead atoms. The number of benzene rings is 2. The molecule has 2 aromatic rings. The fourth-order valence-corrected chi connectivity index (χ4v) is 2.13. The molecule has 1 aliphatic heterocycles. The molecule has 21 heavy (non-hydrogen) atoms. The van der Waals surface area contributed by atoms with Crippen LogP contribution in [0.15, 0.2) is 42.5 Å². The quantitative estimate of drug-likeness (QED) is 0.533. The third kappa shape index (κ3) is 2.29. The number of carbonyl (C=O) groups is 1. The number of non-ortho nitro benzene ring substituents is 1. The van der Waals surface area contributed by atoms with E-state index in [1.807, 2.05) is 0 Å². The normalized spacial score (nSPS) is 16.2. The molecule has 2 aromatic carbocycles. The maximum Gasteiger partial charge on any atom is 0.340 e. The summed E-state index contributed by atoms with van der Waals surface area (Å²) in [5.41, 5.74) is 0.601. The van der Waals surface area contributed by atoms with Gasteiger partial charge in [0.15, 0.2) is 0 Å². The number of anilines is 1. The zero-order chi connectivity index (χ0) is 15.0. The van der Waals surface area contributed by atoms with Gasteiger partial charge in [-0.25, -0.2) is 9.18 Å². The summed E-state index contributed by atoms with van der Waals surface area (Å²) in [5.74, 6) is -1.19. The van der Waals surface area contributed by atoms with Crippen molar-refractivity contribution in [2.75, 3.05) is 5.32 Å². The first kappa shape index (κ1) is 13.0. The van der Waals surface area contributed by atoms with E-state index in [0.29, 0.717) is 11.1 Å². The van der Waals surface area contributed by atoms with Crippen LogP contribution in [0.2, 0.25) is 0 Å². The van der Waals surface area contributed by atoms with E-state index >= 15 is 0 Å². The van der Waals surface area contributed by atoms with E-state index in [2.05, 4.69) is 5.32 Å². The Morgan fingerprint density at radius 2 is 2.00 bits per heavy atom. The number of hydrogen-bond acceptors (Lipinski definition) is 5. The standard InChI is InChI=1S/C14H9FN2O4/c15-11-6-5-8(17(19)20)7-12(11)16-13-9-3-1-2-4-10(9)14(18)21-13/h1-7,13,16H/t13-/m0/s1. The third-order valence-corrected chi connectivity index (χ3v) is 3.14. The lowest BCUT2D eigenvalue weighted by molar-refractivity contribution is -0.384. The summed E-state index contributed by atoms with van der Waals surface area (Å²) in [5, 5.41) is 13.4. The number of nitro benzene ring substituents is 1. The Kier molecular flexibility index (Phi) is 3.02.